The van der Waals surface area contributed by atoms with Gasteiger partial charge in [0.2, 0.25) is 0 Å². The number of rotatable bonds is 15. The first-order valence-corrected chi connectivity index (χ1v) is 12.2. The number of amides is 1. The van der Waals surface area contributed by atoms with Crippen molar-refractivity contribution in [2.24, 2.45) is 11.8 Å². The molecular weight excluding hydrogens is 490 g/mol. The van der Waals surface area contributed by atoms with Crippen molar-refractivity contribution in [2.45, 2.75) is 43.5 Å². The molecule has 1 aromatic rings. The summed E-state index contributed by atoms with van der Waals surface area (Å²) in [4.78, 5) is 32.3. The molecule has 0 aromatic carbocycles. The van der Waals surface area contributed by atoms with Crippen LogP contribution in [0.25, 0.3) is 0 Å². The van der Waals surface area contributed by atoms with E-state index in [2.05, 4.69) is 4.98 Å². The molecule has 0 radical (unpaired) electrons. The predicted octanol–water partition coefficient (Wildman–Crippen LogP) is 0.759. The standard InChI is InChI=1S/C24H39N3O10/c1-26(24(29)27-9-8-25-13-27)12-16(17(28)6-7-18-34-10-11-35-18)19-20(36-14-30-2)22(32-4)23(33-5)21(19)37-15-31-3/h8-9,13,16,18-23H,6-7,10-12,14-15H2,1-5H3/t16?,19?,20-,21+,22-,23+. The van der Waals surface area contributed by atoms with E-state index < -0.39 is 42.5 Å². The average Bonchev–Trinajstić information content (AvgIpc) is 3.67. The summed E-state index contributed by atoms with van der Waals surface area (Å²) in [5.74, 6) is -1.32. The van der Waals surface area contributed by atoms with Gasteiger partial charge >= 0.3 is 6.03 Å². The van der Waals surface area contributed by atoms with E-state index in [9.17, 15) is 9.59 Å². The minimum Gasteiger partial charge on any atom is -0.376 e. The van der Waals surface area contributed by atoms with Gasteiger partial charge in [0, 0.05) is 79.1 Å². The Bertz CT molecular complexity index is 798. The lowest BCUT2D eigenvalue weighted by molar-refractivity contribution is -0.154. The van der Waals surface area contributed by atoms with Gasteiger partial charge in [-0.15, -0.1) is 0 Å². The zero-order valence-electron chi connectivity index (χ0n) is 22.1. The van der Waals surface area contributed by atoms with Gasteiger partial charge in [0.25, 0.3) is 0 Å². The molecule has 2 fully saturated rings. The van der Waals surface area contributed by atoms with E-state index in [0.717, 1.165) is 0 Å². The molecule has 0 spiro atoms. The maximum atomic E-state index is 13.8. The highest BCUT2D eigenvalue weighted by atomic mass is 16.7. The summed E-state index contributed by atoms with van der Waals surface area (Å²) in [6.07, 6.45) is 2.27. The van der Waals surface area contributed by atoms with Crippen molar-refractivity contribution in [1.82, 2.24) is 14.5 Å². The van der Waals surface area contributed by atoms with Crippen LogP contribution in [0, 0.1) is 11.8 Å². The van der Waals surface area contributed by atoms with Gasteiger partial charge in [0.05, 0.1) is 25.4 Å². The molecule has 37 heavy (non-hydrogen) atoms. The van der Waals surface area contributed by atoms with Gasteiger partial charge in [-0.1, -0.05) is 0 Å². The highest BCUT2D eigenvalue weighted by molar-refractivity contribution is 5.83. The molecule has 13 heteroatoms. The molecule has 210 valence electrons. The zero-order chi connectivity index (χ0) is 26.8. The molecule has 2 aliphatic rings. The van der Waals surface area contributed by atoms with Crippen molar-refractivity contribution in [2.75, 3.05) is 68.8 Å². The highest BCUT2D eigenvalue weighted by Crippen LogP contribution is 2.41. The van der Waals surface area contributed by atoms with Gasteiger partial charge in [-0.2, -0.15) is 0 Å². The van der Waals surface area contributed by atoms with Crippen LogP contribution in [-0.4, -0.2) is 126 Å². The number of ether oxygens (including phenoxy) is 8. The monoisotopic (exact) mass is 529 g/mol. The summed E-state index contributed by atoms with van der Waals surface area (Å²) < 4.78 is 46.4. The third-order valence-corrected chi connectivity index (χ3v) is 6.75. The Kier molecular flexibility index (Phi) is 11.9. The Morgan fingerprint density at radius 1 is 1.00 bits per heavy atom. The van der Waals surface area contributed by atoms with Gasteiger partial charge in [-0.3, -0.25) is 9.36 Å². The van der Waals surface area contributed by atoms with Crippen LogP contribution in [0.1, 0.15) is 12.8 Å². The summed E-state index contributed by atoms with van der Waals surface area (Å²) in [6.45, 7) is 1.04. The van der Waals surface area contributed by atoms with Crippen molar-refractivity contribution in [1.29, 1.82) is 0 Å². The van der Waals surface area contributed by atoms with E-state index in [-0.39, 0.29) is 38.4 Å². The van der Waals surface area contributed by atoms with E-state index >= 15 is 0 Å². The quantitative estimate of drug-likeness (QED) is 0.299. The molecule has 3 rings (SSSR count). The number of hydrogen-bond acceptors (Lipinski definition) is 11. The van der Waals surface area contributed by atoms with Crippen molar-refractivity contribution in [3.8, 4) is 0 Å². The number of nitrogens with zero attached hydrogens (tertiary/aromatic N) is 3. The van der Waals surface area contributed by atoms with Gasteiger partial charge in [-0.05, 0) is 0 Å². The normalized spacial score (nSPS) is 27.0. The number of ketones is 1. The predicted molar refractivity (Wildman–Crippen MR) is 128 cm³/mol. The fourth-order valence-corrected chi connectivity index (χ4v) is 5.10. The summed E-state index contributed by atoms with van der Waals surface area (Å²) in [5, 5.41) is 0. The minimum atomic E-state index is -0.694. The lowest BCUT2D eigenvalue weighted by Crippen LogP contribution is -2.47. The van der Waals surface area contributed by atoms with E-state index in [4.69, 9.17) is 37.9 Å². The fraction of sp³-hybridized carbons (Fsp3) is 0.792. The average molecular weight is 530 g/mol. The molecule has 1 aromatic heterocycles. The number of Topliss-reactive ketones (excluding diaryl/α,β-unsaturated/α-hetero) is 1. The SMILES string of the molecule is COCO[C@@H]1C(C(CN(C)C(=O)n2ccnc2)C(=O)CCC2OCCO2)[C@H](OCOC)[C@H](OC)[C@@H]1OC. The molecular formula is C24H39N3O10. The van der Waals surface area contributed by atoms with Gasteiger partial charge in [0.1, 0.15) is 37.9 Å². The number of hydrogen-bond donors (Lipinski definition) is 0. The van der Waals surface area contributed by atoms with Crippen LogP contribution in [-0.2, 0) is 42.7 Å². The Hall–Kier alpha value is -1.97. The van der Waals surface area contributed by atoms with Crippen molar-refractivity contribution in [3.05, 3.63) is 18.7 Å². The molecule has 1 saturated carbocycles. The van der Waals surface area contributed by atoms with Crippen LogP contribution < -0.4 is 0 Å². The van der Waals surface area contributed by atoms with Crippen LogP contribution >= 0.6 is 0 Å². The van der Waals surface area contributed by atoms with E-state index in [1.807, 2.05) is 0 Å². The maximum absolute atomic E-state index is 13.8. The minimum absolute atomic E-state index is 0.0249. The summed E-state index contributed by atoms with van der Waals surface area (Å²) in [6, 6.07) is -0.328. The van der Waals surface area contributed by atoms with Crippen molar-refractivity contribution in [3.63, 3.8) is 0 Å². The summed E-state index contributed by atoms with van der Waals surface area (Å²) in [7, 11) is 7.77. The number of methoxy groups -OCH3 is 4. The Morgan fingerprint density at radius 3 is 2.08 bits per heavy atom. The molecule has 2 heterocycles. The first-order chi connectivity index (χ1) is 18.0. The smallest absolute Gasteiger partial charge is 0.329 e. The Morgan fingerprint density at radius 2 is 1.59 bits per heavy atom. The van der Waals surface area contributed by atoms with Gasteiger partial charge in [-0.25, -0.2) is 9.78 Å². The van der Waals surface area contributed by atoms with Crippen LogP contribution in [0.3, 0.4) is 0 Å². The first-order valence-electron chi connectivity index (χ1n) is 12.2. The molecule has 1 amide bonds. The van der Waals surface area contributed by atoms with Crippen LogP contribution in [0.15, 0.2) is 18.7 Å². The zero-order valence-corrected chi connectivity index (χ0v) is 22.1. The second-order valence-electron chi connectivity index (χ2n) is 8.97. The molecule has 6 atom stereocenters. The van der Waals surface area contributed by atoms with Crippen molar-refractivity contribution < 1.29 is 47.5 Å². The highest BCUT2D eigenvalue weighted by Gasteiger charge is 2.57. The van der Waals surface area contributed by atoms with Crippen molar-refractivity contribution >= 4 is 11.8 Å². The maximum Gasteiger partial charge on any atom is 0.329 e. The number of aromatic nitrogens is 2. The van der Waals surface area contributed by atoms with Crippen LogP contribution in [0.2, 0.25) is 0 Å². The fourth-order valence-electron chi connectivity index (χ4n) is 5.10. The summed E-state index contributed by atoms with van der Waals surface area (Å²) >= 11 is 0. The Labute approximate surface area is 217 Å². The van der Waals surface area contributed by atoms with E-state index in [1.54, 1.807) is 27.5 Å². The molecule has 1 aliphatic heterocycles. The second kappa shape index (κ2) is 14.8. The Balaban J connectivity index is 1.93. The number of imidazole rings is 1. The van der Waals surface area contributed by atoms with E-state index in [1.165, 1.54) is 36.2 Å². The lowest BCUT2D eigenvalue weighted by Gasteiger charge is -2.34. The summed E-state index contributed by atoms with van der Waals surface area (Å²) in [5.41, 5.74) is 0. The van der Waals surface area contributed by atoms with Crippen LogP contribution in [0.4, 0.5) is 4.79 Å². The molecule has 1 saturated heterocycles. The topological polar surface area (TPSA) is 129 Å². The lowest BCUT2D eigenvalue weighted by atomic mass is 9.82. The third kappa shape index (κ3) is 7.33. The largest absolute Gasteiger partial charge is 0.376 e. The molecule has 13 nitrogen and oxygen atoms in total. The molecule has 0 bridgehead atoms. The first kappa shape index (κ1) is 29.6. The van der Waals surface area contributed by atoms with Crippen LogP contribution in [0.5, 0.6) is 0 Å². The number of carbonyl (C=O) groups is 2. The van der Waals surface area contributed by atoms with Gasteiger partial charge < -0.3 is 42.8 Å². The van der Waals surface area contributed by atoms with E-state index in [0.29, 0.717) is 19.6 Å². The molecule has 0 N–H and O–H groups in total. The number of carbonyl (C=O) groups excluding carboxylic acids is 2. The molecule has 1 aliphatic carbocycles. The van der Waals surface area contributed by atoms with Gasteiger partial charge in [0.15, 0.2) is 6.29 Å². The molecule has 2 unspecified atom stereocenters. The second-order valence-corrected chi connectivity index (χ2v) is 8.97. The third-order valence-electron chi connectivity index (χ3n) is 6.75.